The van der Waals surface area contributed by atoms with Crippen LogP contribution in [0.1, 0.15) is 0 Å². The molecular formula is C12H16NOP. The van der Waals surface area contributed by atoms with Crippen LogP contribution in [0.5, 0.6) is 0 Å². The minimum Gasteiger partial charge on any atom is -0.412 e. The Labute approximate surface area is 93.1 Å². The predicted octanol–water partition coefficient (Wildman–Crippen LogP) is 2.17. The average Bonchev–Trinajstić information content (AvgIpc) is 2.20. The smallest absolute Gasteiger partial charge is 0.0393 e. The van der Waals surface area contributed by atoms with E-state index in [0.29, 0.717) is 0 Å². The number of para-hydroxylation sites is 1. The molecule has 0 aliphatic carbocycles. The van der Waals surface area contributed by atoms with Gasteiger partial charge in [0.1, 0.15) is 0 Å². The zero-order chi connectivity index (χ0) is 9.10. The molecule has 0 aliphatic rings. The minimum atomic E-state index is 0. The third-order valence-corrected chi connectivity index (χ3v) is 2.05. The highest BCUT2D eigenvalue weighted by Gasteiger charge is 1.98. The summed E-state index contributed by atoms with van der Waals surface area (Å²) < 4.78 is 0. The highest BCUT2D eigenvalue weighted by atomic mass is 31.0. The molecule has 0 aromatic heterocycles. The first-order valence-corrected chi connectivity index (χ1v) is 4.28. The van der Waals surface area contributed by atoms with Gasteiger partial charge in [-0.05, 0) is 11.6 Å². The summed E-state index contributed by atoms with van der Waals surface area (Å²) in [5, 5.41) is 0. The highest BCUT2D eigenvalue weighted by Crippen LogP contribution is 2.24. The van der Waals surface area contributed by atoms with Crippen LogP contribution in [0.3, 0.4) is 0 Å². The summed E-state index contributed by atoms with van der Waals surface area (Å²) >= 11 is 0. The van der Waals surface area contributed by atoms with Gasteiger partial charge in [-0.1, -0.05) is 48.5 Å². The van der Waals surface area contributed by atoms with Crippen molar-refractivity contribution in [2.24, 2.45) is 0 Å². The second-order valence-electron chi connectivity index (χ2n) is 2.95. The number of hydrogen-bond acceptors (Lipinski definition) is 1. The van der Waals surface area contributed by atoms with Gasteiger partial charge in [-0.2, -0.15) is 9.90 Å². The van der Waals surface area contributed by atoms with Gasteiger partial charge in [0.2, 0.25) is 0 Å². The summed E-state index contributed by atoms with van der Waals surface area (Å²) in [4.78, 5) is 0. The van der Waals surface area contributed by atoms with E-state index in [2.05, 4.69) is 12.1 Å². The highest BCUT2D eigenvalue weighted by molar-refractivity contribution is 6.92. The van der Waals surface area contributed by atoms with Gasteiger partial charge in [-0.15, -0.1) is 0 Å². The number of nitrogen functional groups attached to an aromatic ring is 1. The summed E-state index contributed by atoms with van der Waals surface area (Å²) in [6.45, 7) is 0. The predicted molar refractivity (Wildman–Crippen MR) is 71.0 cm³/mol. The van der Waals surface area contributed by atoms with E-state index in [1.807, 2.05) is 42.5 Å². The molecule has 15 heavy (non-hydrogen) atoms. The molecule has 0 bridgehead atoms. The Hall–Kier alpha value is -1.37. The molecule has 80 valence electrons. The number of rotatable bonds is 1. The van der Waals surface area contributed by atoms with Crippen LogP contribution in [0, 0.1) is 0 Å². The largest absolute Gasteiger partial charge is 0.412 e. The van der Waals surface area contributed by atoms with E-state index in [4.69, 9.17) is 5.73 Å². The van der Waals surface area contributed by atoms with Crippen LogP contribution in [0.25, 0.3) is 11.1 Å². The second kappa shape index (κ2) is 6.18. The lowest BCUT2D eigenvalue weighted by atomic mass is 10.0. The summed E-state index contributed by atoms with van der Waals surface area (Å²) in [6.07, 6.45) is 0. The van der Waals surface area contributed by atoms with Crippen molar-refractivity contribution in [2.45, 2.75) is 0 Å². The molecule has 2 aromatic rings. The topological polar surface area (TPSA) is 57.5 Å². The molecule has 1 unspecified atom stereocenters. The second-order valence-corrected chi connectivity index (χ2v) is 2.95. The lowest BCUT2D eigenvalue weighted by Gasteiger charge is -2.03. The molecular weight excluding hydrogens is 205 g/mol. The van der Waals surface area contributed by atoms with Crippen LogP contribution < -0.4 is 5.73 Å². The van der Waals surface area contributed by atoms with E-state index in [1.54, 1.807) is 0 Å². The van der Waals surface area contributed by atoms with Crippen molar-refractivity contribution in [3.63, 3.8) is 0 Å². The lowest BCUT2D eigenvalue weighted by molar-refractivity contribution is 0.824. The van der Waals surface area contributed by atoms with Crippen LogP contribution >= 0.6 is 9.90 Å². The van der Waals surface area contributed by atoms with Gasteiger partial charge in [-0.3, -0.25) is 0 Å². The first-order valence-electron chi connectivity index (χ1n) is 4.28. The maximum atomic E-state index is 5.85. The lowest BCUT2D eigenvalue weighted by Crippen LogP contribution is -1.88. The van der Waals surface area contributed by atoms with Crippen molar-refractivity contribution in [1.29, 1.82) is 0 Å². The first kappa shape index (κ1) is 13.6. The van der Waals surface area contributed by atoms with Gasteiger partial charge >= 0.3 is 0 Å². The van der Waals surface area contributed by atoms with Crippen LogP contribution in [0.15, 0.2) is 54.6 Å². The minimum absolute atomic E-state index is 0. The molecule has 0 saturated carbocycles. The fraction of sp³-hybridized carbons (Fsp3) is 0. The van der Waals surface area contributed by atoms with Gasteiger partial charge in [0.05, 0.1) is 0 Å². The summed E-state index contributed by atoms with van der Waals surface area (Å²) in [6, 6.07) is 18.1. The first-order chi connectivity index (χ1) is 6.38. The summed E-state index contributed by atoms with van der Waals surface area (Å²) in [5.41, 5.74) is 8.95. The molecule has 3 heteroatoms. The van der Waals surface area contributed by atoms with Crippen molar-refractivity contribution in [2.75, 3.05) is 5.73 Å². The molecule has 0 radical (unpaired) electrons. The van der Waals surface area contributed by atoms with Crippen LogP contribution in [-0.2, 0) is 0 Å². The van der Waals surface area contributed by atoms with Crippen molar-refractivity contribution in [3.8, 4) is 11.1 Å². The Balaban J connectivity index is 0.000000980. The monoisotopic (exact) mass is 221 g/mol. The Morgan fingerprint density at radius 1 is 0.733 bits per heavy atom. The quantitative estimate of drug-likeness (QED) is 0.582. The van der Waals surface area contributed by atoms with Crippen molar-refractivity contribution < 1.29 is 5.48 Å². The van der Waals surface area contributed by atoms with Gasteiger partial charge < -0.3 is 11.2 Å². The molecule has 0 aliphatic heterocycles. The van der Waals surface area contributed by atoms with Gasteiger partial charge in [0.15, 0.2) is 0 Å². The summed E-state index contributed by atoms with van der Waals surface area (Å²) in [7, 11) is 0. The van der Waals surface area contributed by atoms with E-state index in [9.17, 15) is 0 Å². The van der Waals surface area contributed by atoms with Crippen LogP contribution in [0.2, 0.25) is 0 Å². The molecule has 0 fully saturated rings. The van der Waals surface area contributed by atoms with Gasteiger partial charge in [0, 0.05) is 11.3 Å². The molecule has 0 saturated heterocycles. The van der Waals surface area contributed by atoms with E-state index >= 15 is 0 Å². The van der Waals surface area contributed by atoms with Crippen molar-refractivity contribution in [3.05, 3.63) is 54.6 Å². The third-order valence-electron chi connectivity index (χ3n) is 2.05. The Morgan fingerprint density at radius 2 is 1.27 bits per heavy atom. The average molecular weight is 221 g/mol. The zero-order valence-corrected chi connectivity index (χ0v) is 9.89. The molecule has 2 nitrogen and oxygen atoms in total. The number of hydrogen-bond donors (Lipinski definition) is 1. The number of anilines is 1. The van der Waals surface area contributed by atoms with E-state index in [-0.39, 0.29) is 15.4 Å². The zero-order valence-electron chi connectivity index (χ0n) is 8.48. The maximum Gasteiger partial charge on any atom is 0.0393 e. The van der Waals surface area contributed by atoms with Gasteiger partial charge in [0.25, 0.3) is 0 Å². The van der Waals surface area contributed by atoms with Gasteiger partial charge in [-0.25, -0.2) is 0 Å². The SMILES string of the molecule is Nc1ccccc1-c1ccccc1.O.P. The Kier molecular flexibility index (Phi) is 5.61. The third kappa shape index (κ3) is 3.05. The van der Waals surface area contributed by atoms with E-state index in [0.717, 1.165) is 11.3 Å². The molecule has 0 heterocycles. The van der Waals surface area contributed by atoms with Crippen LogP contribution in [0.4, 0.5) is 5.69 Å². The summed E-state index contributed by atoms with van der Waals surface area (Å²) in [5.74, 6) is 0. The van der Waals surface area contributed by atoms with Crippen LogP contribution in [-0.4, -0.2) is 5.48 Å². The normalized spacial score (nSPS) is 8.53. The molecule has 1 atom stereocenters. The number of nitrogens with two attached hydrogens (primary N) is 1. The molecule has 0 spiro atoms. The maximum absolute atomic E-state index is 5.85. The Morgan fingerprint density at radius 3 is 1.87 bits per heavy atom. The fourth-order valence-corrected chi connectivity index (χ4v) is 1.38. The number of benzene rings is 2. The molecule has 2 rings (SSSR count). The molecule has 4 N–H and O–H groups in total. The van der Waals surface area contributed by atoms with Crippen molar-refractivity contribution >= 4 is 15.6 Å². The van der Waals surface area contributed by atoms with E-state index < -0.39 is 0 Å². The van der Waals surface area contributed by atoms with Crippen molar-refractivity contribution in [1.82, 2.24) is 0 Å². The Bertz CT molecular complexity index is 403. The van der Waals surface area contributed by atoms with E-state index in [1.165, 1.54) is 5.56 Å². The molecule has 0 amide bonds. The molecule has 2 aromatic carbocycles. The standard InChI is InChI=1S/C12H11N.H2O.H3P/c13-12-9-5-4-8-11(12)10-6-2-1-3-7-10;;/h1-9H,13H2;1H2;1H3. The fourth-order valence-electron chi connectivity index (χ4n) is 1.38.